The maximum atomic E-state index is 6.19. The maximum Gasteiger partial charge on any atom is 0.119 e. The number of benzene rings is 1. The molecule has 0 N–H and O–H groups in total. The topological polar surface area (TPSA) is 30.9 Å². The molecule has 0 aliphatic carbocycles. The third kappa shape index (κ3) is 6.03. The first kappa shape index (κ1) is 17.4. The second kappa shape index (κ2) is 9.93. The van der Waals surface area contributed by atoms with Crippen LogP contribution in [0.2, 0.25) is 0 Å². The van der Waals surface area contributed by atoms with Crippen LogP contribution in [-0.4, -0.2) is 49.9 Å². The molecule has 1 heterocycles. The van der Waals surface area contributed by atoms with Crippen LogP contribution in [0, 0.1) is 0 Å². The van der Waals surface area contributed by atoms with Crippen molar-refractivity contribution >= 4 is 11.6 Å². The summed E-state index contributed by atoms with van der Waals surface area (Å²) < 4.78 is 16.7. The molecule has 1 fully saturated rings. The lowest BCUT2D eigenvalue weighted by molar-refractivity contribution is 0.0202. The predicted molar refractivity (Wildman–Crippen MR) is 89.0 cm³/mol. The quantitative estimate of drug-likeness (QED) is 0.394. The first-order valence-corrected chi connectivity index (χ1v) is 8.54. The summed E-state index contributed by atoms with van der Waals surface area (Å²) in [6.07, 6.45) is 3.19. The van der Waals surface area contributed by atoms with E-state index in [1.807, 2.05) is 24.3 Å². The predicted octanol–water partition coefficient (Wildman–Crippen LogP) is 3.53. The van der Waals surface area contributed by atoms with Crippen molar-refractivity contribution in [3.63, 3.8) is 0 Å². The van der Waals surface area contributed by atoms with E-state index in [0.717, 1.165) is 57.1 Å². The number of morpholine rings is 1. The van der Waals surface area contributed by atoms with Gasteiger partial charge in [-0.3, -0.25) is 4.90 Å². The fraction of sp³-hybridized carbons (Fsp3) is 0.647. The van der Waals surface area contributed by atoms with Gasteiger partial charge in [-0.2, -0.15) is 0 Å². The van der Waals surface area contributed by atoms with Crippen molar-refractivity contribution < 1.29 is 14.2 Å². The van der Waals surface area contributed by atoms with Crippen molar-refractivity contribution in [2.75, 3.05) is 39.5 Å². The molecule has 0 bridgehead atoms. The molecule has 0 saturated carbocycles. The van der Waals surface area contributed by atoms with Gasteiger partial charge < -0.3 is 14.2 Å². The van der Waals surface area contributed by atoms with Crippen LogP contribution in [0.25, 0.3) is 0 Å². The van der Waals surface area contributed by atoms with E-state index in [1.165, 1.54) is 0 Å². The van der Waals surface area contributed by atoms with Crippen LogP contribution in [0.3, 0.4) is 0 Å². The van der Waals surface area contributed by atoms with Gasteiger partial charge in [-0.15, -0.1) is 11.6 Å². The molecule has 1 aliphatic heterocycles. The number of rotatable bonds is 9. The van der Waals surface area contributed by atoms with Gasteiger partial charge in [0, 0.05) is 13.1 Å². The molecular formula is C17H26ClNO3. The molecule has 0 spiro atoms. The highest BCUT2D eigenvalue weighted by Gasteiger charge is 2.19. The van der Waals surface area contributed by atoms with Crippen LogP contribution >= 0.6 is 11.6 Å². The van der Waals surface area contributed by atoms with Crippen molar-refractivity contribution in [3.8, 4) is 11.5 Å². The SMILES string of the molecule is CCCCOc1ccc(OCCCN2CCOCC2Cl)cc1. The van der Waals surface area contributed by atoms with Gasteiger partial charge in [0.1, 0.15) is 17.0 Å². The van der Waals surface area contributed by atoms with E-state index < -0.39 is 0 Å². The van der Waals surface area contributed by atoms with Crippen LogP contribution in [-0.2, 0) is 4.74 Å². The lowest BCUT2D eigenvalue weighted by atomic mass is 10.3. The van der Waals surface area contributed by atoms with Crippen LogP contribution < -0.4 is 9.47 Å². The van der Waals surface area contributed by atoms with E-state index in [2.05, 4.69) is 11.8 Å². The Balaban J connectivity index is 1.62. The number of ether oxygens (including phenoxy) is 3. The second-order valence-electron chi connectivity index (χ2n) is 5.42. The van der Waals surface area contributed by atoms with Gasteiger partial charge in [0.15, 0.2) is 0 Å². The van der Waals surface area contributed by atoms with Crippen LogP contribution in [0.15, 0.2) is 24.3 Å². The van der Waals surface area contributed by atoms with Gasteiger partial charge in [0.25, 0.3) is 0 Å². The summed E-state index contributed by atoms with van der Waals surface area (Å²) in [5.41, 5.74) is -0.00620. The van der Waals surface area contributed by atoms with Crippen LogP contribution in [0.5, 0.6) is 11.5 Å². The number of alkyl halides is 1. The Hall–Kier alpha value is -0.970. The van der Waals surface area contributed by atoms with E-state index in [0.29, 0.717) is 13.2 Å². The largest absolute Gasteiger partial charge is 0.494 e. The minimum absolute atomic E-state index is 0.00620. The zero-order chi connectivity index (χ0) is 15.6. The Morgan fingerprint density at radius 1 is 1.14 bits per heavy atom. The maximum absolute atomic E-state index is 6.19. The Labute approximate surface area is 138 Å². The van der Waals surface area contributed by atoms with Gasteiger partial charge in [0.05, 0.1) is 26.4 Å². The average Bonchev–Trinajstić information content (AvgIpc) is 2.55. The second-order valence-corrected chi connectivity index (χ2v) is 5.92. The molecule has 1 saturated heterocycles. The van der Waals surface area contributed by atoms with Gasteiger partial charge in [-0.05, 0) is 37.1 Å². The smallest absolute Gasteiger partial charge is 0.119 e. The highest BCUT2D eigenvalue weighted by molar-refractivity contribution is 6.20. The third-order valence-electron chi connectivity index (χ3n) is 3.62. The first-order chi connectivity index (χ1) is 10.8. The van der Waals surface area contributed by atoms with Crippen molar-refractivity contribution in [3.05, 3.63) is 24.3 Å². The molecule has 2 rings (SSSR count). The van der Waals surface area contributed by atoms with Crippen molar-refractivity contribution in [2.24, 2.45) is 0 Å². The van der Waals surface area contributed by atoms with Crippen molar-refractivity contribution in [2.45, 2.75) is 31.7 Å². The van der Waals surface area contributed by atoms with E-state index in [9.17, 15) is 0 Å². The molecule has 1 atom stereocenters. The zero-order valence-electron chi connectivity index (χ0n) is 13.3. The van der Waals surface area contributed by atoms with Gasteiger partial charge in [-0.25, -0.2) is 0 Å². The summed E-state index contributed by atoms with van der Waals surface area (Å²) in [6, 6.07) is 7.84. The van der Waals surface area contributed by atoms with Crippen LogP contribution in [0.4, 0.5) is 0 Å². The first-order valence-electron chi connectivity index (χ1n) is 8.11. The lowest BCUT2D eigenvalue weighted by Crippen LogP contribution is -2.42. The van der Waals surface area contributed by atoms with Crippen LogP contribution in [0.1, 0.15) is 26.2 Å². The minimum Gasteiger partial charge on any atom is -0.494 e. The molecule has 5 heteroatoms. The molecule has 0 aromatic heterocycles. The summed E-state index contributed by atoms with van der Waals surface area (Å²) in [5, 5.41) is 0. The van der Waals surface area contributed by atoms with E-state index in [4.69, 9.17) is 25.8 Å². The summed E-state index contributed by atoms with van der Waals surface area (Å²) in [5.74, 6) is 1.78. The number of halogens is 1. The standard InChI is InChI=1S/C17H26ClNO3/c1-2-3-11-21-15-5-7-16(8-6-15)22-12-4-9-19-10-13-20-14-17(19)18/h5-8,17H,2-4,9-14H2,1H3. The molecule has 4 nitrogen and oxygen atoms in total. The molecule has 1 aliphatic rings. The van der Waals surface area contributed by atoms with Gasteiger partial charge in [0.2, 0.25) is 0 Å². The van der Waals surface area contributed by atoms with E-state index >= 15 is 0 Å². The molecule has 22 heavy (non-hydrogen) atoms. The molecule has 1 aromatic carbocycles. The Bertz CT molecular complexity index is 413. The average molecular weight is 328 g/mol. The van der Waals surface area contributed by atoms with Crippen molar-refractivity contribution in [1.82, 2.24) is 4.90 Å². The van der Waals surface area contributed by atoms with Crippen molar-refractivity contribution in [1.29, 1.82) is 0 Å². The Morgan fingerprint density at radius 2 is 1.77 bits per heavy atom. The minimum atomic E-state index is -0.00620. The zero-order valence-corrected chi connectivity index (χ0v) is 14.1. The lowest BCUT2D eigenvalue weighted by Gasteiger charge is -2.31. The number of hydrogen-bond donors (Lipinski definition) is 0. The Morgan fingerprint density at radius 3 is 2.36 bits per heavy atom. The fourth-order valence-electron chi connectivity index (χ4n) is 2.28. The molecule has 0 radical (unpaired) electrons. The Kier molecular flexibility index (Phi) is 7.85. The number of hydrogen-bond acceptors (Lipinski definition) is 4. The molecule has 0 amide bonds. The van der Waals surface area contributed by atoms with E-state index in [1.54, 1.807) is 0 Å². The number of nitrogens with zero attached hydrogens (tertiary/aromatic N) is 1. The molecule has 1 aromatic rings. The van der Waals surface area contributed by atoms with Gasteiger partial charge >= 0.3 is 0 Å². The molecular weight excluding hydrogens is 302 g/mol. The summed E-state index contributed by atoms with van der Waals surface area (Å²) in [6.45, 7) is 6.84. The summed E-state index contributed by atoms with van der Waals surface area (Å²) >= 11 is 6.19. The van der Waals surface area contributed by atoms with Gasteiger partial charge in [-0.1, -0.05) is 13.3 Å². The molecule has 1 unspecified atom stereocenters. The van der Waals surface area contributed by atoms with E-state index in [-0.39, 0.29) is 5.50 Å². The normalized spacial score (nSPS) is 19.1. The monoisotopic (exact) mass is 327 g/mol. The summed E-state index contributed by atoms with van der Waals surface area (Å²) in [4.78, 5) is 2.24. The third-order valence-corrected chi connectivity index (χ3v) is 4.03. The highest BCUT2D eigenvalue weighted by Crippen LogP contribution is 2.18. The molecule has 124 valence electrons. The highest BCUT2D eigenvalue weighted by atomic mass is 35.5. The summed E-state index contributed by atoms with van der Waals surface area (Å²) in [7, 11) is 0. The fourth-order valence-corrected chi connectivity index (χ4v) is 2.57. The number of unbranched alkanes of at least 4 members (excludes halogenated alkanes) is 1.